The first-order valence-electron chi connectivity index (χ1n) is 6.04. The molecule has 1 aromatic carbocycles. The van der Waals surface area contributed by atoms with Crippen molar-refractivity contribution < 1.29 is 32.1 Å². The molecule has 0 heterocycles. The van der Waals surface area contributed by atoms with Crippen LogP contribution < -0.4 is 4.74 Å². The number of alkyl halides is 3. The van der Waals surface area contributed by atoms with E-state index in [0.717, 1.165) is 6.07 Å². The minimum atomic E-state index is -4.34. The third-order valence-corrected chi connectivity index (χ3v) is 2.39. The average molecular weight is 296 g/mol. The summed E-state index contributed by atoms with van der Waals surface area (Å²) in [5, 5.41) is 9.26. The maximum Gasteiger partial charge on any atom is 0.411 e. The molecule has 0 radical (unpaired) electrons. The zero-order valence-electron chi connectivity index (χ0n) is 10.9. The minimum absolute atomic E-state index is 0.00905. The normalized spacial score (nSPS) is 13.3. The van der Waals surface area contributed by atoms with Gasteiger partial charge in [-0.3, -0.25) is 0 Å². The van der Waals surface area contributed by atoms with Crippen LogP contribution in [0, 0.1) is 5.82 Å². The molecular formula is C13H16F4O3. The highest BCUT2D eigenvalue weighted by Crippen LogP contribution is 2.22. The lowest BCUT2D eigenvalue weighted by Gasteiger charge is -2.10. The van der Waals surface area contributed by atoms with E-state index < -0.39 is 24.7 Å². The molecule has 0 aromatic heterocycles. The van der Waals surface area contributed by atoms with Crippen molar-refractivity contribution in [1.29, 1.82) is 0 Å². The summed E-state index contributed by atoms with van der Waals surface area (Å²) in [6.07, 6.45) is -4.91. The maximum absolute atomic E-state index is 13.5. The Labute approximate surface area is 114 Å². The topological polar surface area (TPSA) is 38.7 Å². The van der Waals surface area contributed by atoms with Crippen LogP contribution in [-0.2, 0) is 4.74 Å². The van der Waals surface area contributed by atoms with Crippen molar-refractivity contribution in [3.8, 4) is 5.75 Å². The predicted molar refractivity (Wildman–Crippen MR) is 64.0 cm³/mol. The maximum atomic E-state index is 13.5. The molecule has 1 atom stereocenters. The summed E-state index contributed by atoms with van der Waals surface area (Å²) in [7, 11) is 0. The van der Waals surface area contributed by atoms with Crippen molar-refractivity contribution in [2.45, 2.75) is 25.6 Å². The van der Waals surface area contributed by atoms with Gasteiger partial charge in [0.1, 0.15) is 6.61 Å². The number of aliphatic hydroxyl groups is 1. The fraction of sp³-hybridized carbons (Fsp3) is 0.538. The molecule has 20 heavy (non-hydrogen) atoms. The molecule has 0 saturated heterocycles. The second-order valence-corrected chi connectivity index (χ2v) is 4.24. The van der Waals surface area contributed by atoms with E-state index in [1.54, 1.807) is 0 Å². The molecule has 0 aliphatic heterocycles. The quantitative estimate of drug-likeness (QED) is 0.620. The van der Waals surface area contributed by atoms with Crippen LogP contribution in [0.2, 0.25) is 0 Å². The number of rotatable bonds is 7. The van der Waals surface area contributed by atoms with E-state index in [-0.39, 0.29) is 25.4 Å². The molecule has 1 rings (SSSR count). The first-order valence-corrected chi connectivity index (χ1v) is 6.04. The molecule has 1 aromatic rings. The van der Waals surface area contributed by atoms with Gasteiger partial charge in [0.25, 0.3) is 0 Å². The van der Waals surface area contributed by atoms with Crippen molar-refractivity contribution in [2.24, 2.45) is 0 Å². The Bertz CT molecular complexity index is 419. The number of aliphatic hydroxyl groups excluding tert-OH is 1. The van der Waals surface area contributed by atoms with Gasteiger partial charge < -0.3 is 14.6 Å². The summed E-state index contributed by atoms with van der Waals surface area (Å²) in [6, 6.07) is 4.04. The van der Waals surface area contributed by atoms with Gasteiger partial charge in [0, 0.05) is 6.42 Å². The lowest BCUT2D eigenvalue weighted by atomic mass is 10.1. The predicted octanol–water partition coefficient (Wildman–Crippen LogP) is 3.23. The zero-order valence-corrected chi connectivity index (χ0v) is 10.9. The summed E-state index contributed by atoms with van der Waals surface area (Å²) < 4.78 is 58.3. The third-order valence-electron chi connectivity index (χ3n) is 2.39. The number of ether oxygens (including phenoxy) is 2. The second kappa shape index (κ2) is 7.44. The standard InChI is InChI=1S/C13H16F4O3/c1-9(18)10-3-4-12(11(14)7-10)20-6-2-5-19-8-13(15,16)17/h3-4,7,9,18H,2,5-6,8H2,1H3/t9-/m1/s1. The van der Waals surface area contributed by atoms with E-state index >= 15 is 0 Å². The van der Waals surface area contributed by atoms with Crippen molar-refractivity contribution in [3.05, 3.63) is 29.6 Å². The molecule has 1 N–H and O–H groups in total. The van der Waals surface area contributed by atoms with Crippen LogP contribution in [-0.4, -0.2) is 31.1 Å². The summed E-state index contributed by atoms with van der Waals surface area (Å²) in [5.74, 6) is -0.634. The highest BCUT2D eigenvalue weighted by molar-refractivity contribution is 5.30. The van der Waals surface area contributed by atoms with Crippen LogP contribution in [0.5, 0.6) is 5.75 Å². The van der Waals surface area contributed by atoms with Gasteiger partial charge in [0.05, 0.1) is 19.3 Å². The molecule has 0 bridgehead atoms. The molecule has 114 valence electrons. The SMILES string of the molecule is C[C@@H](O)c1ccc(OCCCOCC(F)(F)F)c(F)c1. The van der Waals surface area contributed by atoms with E-state index in [0.29, 0.717) is 5.56 Å². The molecule has 3 nitrogen and oxygen atoms in total. The van der Waals surface area contributed by atoms with Gasteiger partial charge in [-0.25, -0.2) is 4.39 Å². The molecule has 7 heteroatoms. The lowest BCUT2D eigenvalue weighted by molar-refractivity contribution is -0.174. The van der Waals surface area contributed by atoms with E-state index in [1.165, 1.54) is 19.1 Å². The Morgan fingerprint density at radius 1 is 1.25 bits per heavy atom. The first kappa shape index (κ1) is 16.7. The summed E-state index contributed by atoms with van der Waals surface area (Å²) in [4.78, 5) is 0. The Balaban J connectivity index is 2.29. The molecule has 0 amide bonds. The van der Waals surface area contributed by atoms with Crippen molar-refractivity contribution in [1.82, 2.24) is 0 Å². The van der Waals surface area contributed by atoms with Crippen molar-refractivity contribution >= 4 is 0 Å². The Kier molecular flexibility index (Phi) is 6.22. The molecule has 0 fully saturated rings. The Hall–Kier alpha value is -1.34. The van der Waals surface area contributed by atoms with Crippen LogP contribution in [0.3, 0.4) is 0 Å². The smallest absolute Gasteiger partial charge is 0.411 e. The number of benzene rings is 1. The van der Waals surface area contributed by atoms with Crippen LogP contribution in [0.25, 0.3) is 0 Å². The van der Waals surface area contributed by atoms with Crippen molar-refractivity contribution in [2.75, 3.05) is 19.8 Å². The van der Waals surface area contributed by atoms with Crippen molar-refractivity contribution in [3.63, 3.8) is 0 Å². The molecule has 0 saturated carbocycles. The van der Waals surface area contributed by atoms with E-state index in [9.17, 15) is 22.7 Å². The number of halogens is 4. The third kappa shape index (κ3) is 6.21. The zero-order chi connectivity index (χ0) is 15.2. The molecule has 0 spiro atoms. The number of hydrogen-bond acceptors (Lipinski definition) is 3. The highest BCUT2D eigenvalue weighted by Gasteiger charge is 2.27. The number of hydrogen-bond donors (Lipinski definition) is 1. The summed E-state index contributed by atoms with van der Waals surface area (Å²) in [6.45, 7) is 0.132. The van der Waals surface area contributed by atoms with Crippen LogP contribution >= 0.6 is 0 Å². The van der Waals surface area contributed by atoms with Crippen LogP contribution in [0.1, 0.15) is 25.0 Å². The monoisotopic (exact) mass is 296 g/mol. The fourth-order valence-corrected chi connectivity index (χ4v) is 1.43. The summed E-state index contributed by atoms with van der Waals surface area (Å²) >= 11 is 0. The lowest BCUT2D eigenvalue weighted by Crippen LogP contribution is -2.18. The van der Waals surface area contributed by atoms with Gasteiger partial charge in [0.15, 0.2) is 11.6 Å². The highest BCUT2D eigenvalue weighted by atomic mass is 19.4. The van der Waals surface area contributed by atoms with Gasteiger partial charge in [-0.05, 0) is 24.6 Å². The molecule has 0 unspecified atom stereocenters. The average Bonchev–Trinajstić information content (AvgIpc) is 2.33. The second-order valence-electron chi connectivity index (χ2n) is 4.24. The van der Waals surface area contributed by atoms with Crippen LogP contribution in [0.4, 0.5) is 17.6 Å². The van der Waals surface area contributed by atoms with Gasteiger partial charge in [0.2, 0.25) is 0 Å². The fourth-order valence-electron chi connectivity index (χ4n) is 1.43. The Morgan fingerprint density at radius 3 is 2.50 bits per heavy atom. The van der Waals surface area contributed by atoms with E-state index in [2.05, 4.69) is 4.74 Å². The Morgan fingerprint density at radius 2 is 1.95 bits per heavy atom. The largest absolute Gasteiger partial charge is 0.490 e. The van der Waals surface area contributed by atoms with Gasteiger partial charge >= 0.3 is 6.18 Å². The van der Waals surface area contributed by atoms with Gasteiger partial charge in [-0.1, -0.05) is 6.07 Å². The van der Waals surface area contributed by atoms with Gasteiger partial charge in [-0.2, -0.15) is 13.2 Å². The first-order chi connectivity index (χ1) is 9.29. The van der Waals surface area contributed by atoms with E-state index in [4.69, 9.17) is 4.74 Å². The van der Waals surface area contributed by atoms with Crippen LogP contribution in [0.15, 0.2) is 18.2 Å². The minimum Gasteiger partial charge on any atom is -0.490 e. The molecule has 0 aliphatic carbocycles. The molecular weight excluding hydrogens is 280 g/mol. The summed E-state index contributed by atoms with van der Waals surface area (Å²) in [5.41, 5.74) is 0.420. The van der Waals surface area contributed by atoms with E-state index in [1.807, 2.05) is 0 Å². The van der Waals surface area contributed by atoms with Gasteiger partial charge in [-0.15, -0.1) is 0 Å². The molecule has 0 aliphatic rings.